The van der Waals surface area contributed by atoms with Crippen LogP contribution in [0, 0.1) is 16.0 Å². The Morgan fingerprint density at radius 2 is 2.24 bits per heavy atom. The van der Waals surface area contributed by atoms with Crippen LogP contribution in [0.15, 0.2) is 18.2 Å². The minimum absolute atomic E-state index is 0. The number of rotatable bonds is 3. The highest BCUT2D eigenvalue weighted by molar-refractivity contribution is 6.31. The summed E-state index contributed by atoms with van der Waals surface area (Å²) in [6, 6.07) is 4.01. The summed E-state index contributed by atoms with van der Waals surface area (Å²) in [5.74, 6) is -0.163. The second-order valence-corrected chi connectivity index (χ2v) is 5.41. The van der Waals surface area contributed by atoms with Gasteiger partial charge in [-0.15, -0.1) is 12.4 Å². The van der Waals surface area contributed by atoms with Crippen molar-refractivity contribution in [2.75, 3.05) is 13.1 Å². The van der Waals surface area contributed by atoms with E-state index in [0.717, 1.165) is 19.5 Å². The predicted molar refractivity (Wildman–Crippen MR) is 83.3 cm³/mol. The lowest BCUT2D eigenvalue weighted by molar-refractivity contribution is -0.385. The predicted octanol–water partition coefficient (Wildman–Crippen LogP) is 2.40. The molecule has 1 heterocycles. The number of benzene rings is 1. The molecule has 1 aromatic rings. The quantitative estimate of drug-likeness (QED) is 0.657. The van der Waals surface area contributed by atoms with Crippen LogP contribution in [0.2, 0.25) is 5.02 Å². The third-order valence-corrected chi connectivity index (χ3v) is 3.74. The minimum Gasteiger partial charge on any atom is -0.349 e. The molecule has 2 N–H and O–H groups in total. The number of hydrogen-bond donors (Lipinski definition) is 2. The monoisotopic (exact) mass is 333 g/mol. The molecule has 2 unspecified atom stereocenters. The van der Waals surface area contributed by atoms with Crippen LogP contribution in [0.3, 0.4) is 0 Å². The Morgan fingerprint density at radius 3 is 2.86 bits per heavy atom. The van der Waals surface area contributed by atoms with Gasteiger partial charge in [-0.1, -0.05) is 18.5 Å². The Labute approximate surface area is 133 Å². The zero-order valence-electron chi connectivity index (χ0n) is 11.5. The number of nitro groups is 1. The molecule has 0 radical (unpaired) electrons. The first-order chi connectivity index (χ1) is 9.49. The topological polar surface area (TPSA) is 84.3 Å². The molecular weight excluding hydrogens is 317 g/mol. The van der Waals surface area contributed by atoms with Gasteiger partial charge in [-0.05, 0) is 37.6 Å². The standard InChI is InChI=1S/C13H16ClN3O3.ClH/c1-8-7-15-5-4-11(8)16-13(18)10-6-9(14)2-3-12(10)17(19)20;/h2-3,6,8,11,15H,4-5,7H2,1H3,(H,16,18);1H. The van der Waals surface area contributed by atoms with Crippen LogP contribution in [0.1, 0.15) is 23.7 Å². The van der Waals surface area contributed by atoms with E-state index in [0.29, 0.717) is 5.02 Å². The first-order valence-electron chi connectivity index (χ1n) is 6.44. The van der Waals surface area contributed by atoms with Crippen molar-refractivity contribution in [1.82, 2.24) is 10.6 Å². The zero-order valence-corrected chi connectivity index (χ0v) is 13.0. The number of nitrogens with one attached hydrogen (secondary N) is 2. The highest BCUT2D eigenvalue weighted by Gasteiger charge is 2.26. The Kier molecular flexibility index (Phi) is 6.39. The molecule has 1 fully saturated rings. The largest absolute Gasteiger partial charge is 0.349 e. The Balaban J connectivity index is 0.00000220. The number of amides is 1. The molecule has 1 saturated heterocycles. The Hall–Kier alpha value is -1.37. The van der Waals surface area contributed by atoms with Gasteiger partial charge in [0.1, 0.15) is 5.56 Å². The number of hydrogen-bond acceptors (Lipinski definition) is 4. The van der Waals surface area contributed by atoms with E-state index in [2.05, 4.69) is 10.6 Å². The maximum Gasteiger partial charge on any atom is 0.282 e. The van der Waals surface area contributed by atoms with Crippen molar-refractivity contribution < 1.29 is 9.72 Å². The van der Waals surface area contributed by atoms with Crippen molar-refractivity contribution in [1.29, 1.82) is 0 Å². The summed E-state index contributed by atoms with van der Waals surface area (Å²) in [5.41, 5.74) is -0.221. The van der Waals surface area contributed by atoms with Crippen molar-refractivity contribution in [3.63, 3.8) is 0 Å². The molecule has 6 nitrogen and oxygen atoms in total. The number of piperidine rings is 1. The maximum absolute atomic E-state index is 12.2. The molecule has 1 aromatic carbocycles. The maximum atomic E-state index is 12.2. The van der Waals surface area contributed by atoms with Crippen LogP contribution in [-0.2, 0) is 0 Å². The van der Waals surface area contributed by atoms with E-state index >= 15 is 0 Å². The van der Waals surface area contributed by atoms with Crippen LogP contribution >= 0.6 is 24.0 Å². The normalized spacial score (nSPS) is 21.2. The molecule has 0 bridgehead atoms. The molecule has 2 rings (SSSR count). The van der Waals surface area contributed by atoms with Crippen LogP contribution in [0.4, 0.5) is 5.69 Å². The van der Waals surface area contributed by atoms with E-state index in [4.69, 9.17) is 11.6 Å². The number of carbonyl (C=O) groups is 1. The SMILES string of the molecule is CC1CNCCC1NC(=O)c1cc(Cl)ccc1[N+](=O)[O-].Cl. The van der Waals surface area contributed by atoms with Crippen molar-refractivity contribution in [3.05, 3.63) is 38.9 Å². The lowest BCUT2D eigenvalue weighted by Crippen LogP contribution is -2.48. The van der Waals surface area contributed by atoms with E-state index < -0.39 is 10.8 Å². The zero-order chi connectivity index (χ0) is 14.7. The molecule has 21 heavy (non-hydrogen) atoms. The van der Waals surface area contributed by atoms with Gasteiger partial charge in [0.2, 0.25) is 0 Å². The summed E-state index contributed by atoms with van der Waals surface area (Å²) in [6.45, 7) is 3.68. The molecule has 8 heteroatoms. The molecule has 0 saturated carbocycles. The van der Waals surface area contributed by atoms with E-state index in [-0.39, 0.29) is 35.6 Å². The van der Waals surface area contributed by atoms with Gasteiger partial charge < -0.3 is 10.6 Å². The first kappa shape index (κ1) is 17.7. The summed E-state index contributed by atoms with van der Waals surface area (Å²) >= 11 is 5.82. The van der Waals surface area contributed by atoms with Gasteiger partial charge >= 0.3 is 0 Å². The molecule has 0 aliphatic carbocycles. The fraction of sp³-hybridized carbons (Fsp3) is 0.462. The van der Waals surface area contributed by atoms with E-state index in [1.54, 1.807) is 0 Å². The lowest BCUT2D eigenvalue weighted by atomic mass is 9.95. The molecule has 1 aliphatic rings. The number of nitrogens with zero attached hydrogens (tertiary/aromatic N) is 1. The van der Waals surface area contributed by atoms with E-state index in [1.807, 2.05) is 6.92 Å². The van der Waals surface area contributed by atoms with Crippen LogP contribution in [-0.4, -0.2) is 30.0 Å². The fourth-order valence-corrected chi connectivity index (χ4v) is 2.50. The van der Waals surface area contributed by atoms with Crippen molar-refractivity contribution >= 4 is 35.6 Å². The van der Waals surface area contributed by atoms with Gasteiger partial charge in [-0.3, -0.25) is 14.9 Å². The lowest BCUT2D eigenvalue weighted by Gasteiger charge is -2.30. The van der Waals surface area contributed by atoms with Crippen molar-refractivity contribution in [2.24, 2.45) is 5.92 Å². The second-order valence-electron chi connectivity index (χ2n) is 4.97. The average molecular weight is 334 g/mol. The molecule has 1 aliphatic heterocycles. The van der Waals surface area contributed by atoms with Crippen LogP contribution in [0.25, 0.3) is 0 Å². The molecule has 1 amide bonds. The van der Waals surface area contributed by atoms with Crippen molar-refractivity contribution in [2.45, 2.75) is 19.4 Å². The first-order valence-corrected chi connectivity index (χ1v) is 6.82. The highest BCUT2D eigenvalue weighted by Crippen LogP contribution is 2.23. The van der Waals surface area contributed by atoms with E-state index in [1.165, 1.54) is 18.2 Å². The van der Waals surface area contributed by atoms with Gasteiger partial charge in [0.15, 0.2) is 0 Å². The summed E-state index contributed by atoms with van der Waals surface area (Å²) in [5, 5.41) is 17.4. The second kappa shape index (κ2) is 7.59. The third-order valence-electron chi connectivity index (χ3n) is 3.50. The van der Waals surface area contributed by atoms with Crippen molar-refractivity contribution in [3.8, 4) is 0 Å². The third kappa shape index (κ3) is 4.30. The fourth-order valence-electron chi connectivity index (χ4n) is 2.32. The highest BCUT2D eigenvalue weighted by atomic mass is 35.5. The van der Waals surface area contributed by atoms with Gasteiger partial charge in [0.25, 0.3) is 11.6 Å². The Bertz CT molecular complexity index is 539. The van der Waals surface area contributed by atoms with Gasteiger partial charge in [0, 0.05) is 17.1 Å². The summed E-state index contributed by atoms with van der Waals surface area (Å²) < 4.78 is 0. The number of carbonyl (C=O) groups excluding carboxylic acids is 1. The minimum atomic E-state index is -0.572. The van der Waals surface area contributed by atoms with Crippen LogP contribution in [0.5, 0.6) is 0 Å². The molecule has 2 atom stereocenters. The van der Waals surface area contributed by atoms with Gasteiger partial charge in [-0.2, -0.15) is 0 Å². The van der Waals surface area contributed by atoms with E-state index in [9.17, 15) is 14.9 Å². The summed E-state index contributed by atoms with van der Waals surface area (Å²) in [4.78, 5) is 22.6. The smallest absolute Gasteiger partial charge is 0.282 e. The molecule has 0 spiro atoms. The number of halogens is 2. The average Bonchev–Trinajstić information content (AvgIpc) is 2.40. The van der Waals surface area contributed by atoms with Gasteiger partial charge in [0.05, 0.1) is 4.92 Å². The summed E-state index contributed by atoms with van der Waals surface area (Å²) in [6.07, 6.45) is 0.807. The van der Waals surface area contributed by atoms with Gasteiger partial charge in [-0.25, -0.2) is 0 Å². The molecule has 0 aromatic heterocycles. The molecular formula is C13H17Cl2N3O3. The van der Waals surface area contributed by atoms with Crippen LogP contribution < -0.4 is 10.6 Å². The number of nitro benzene ring substituents is 1. The Morgan fingerprint density at radius 1 is 1.52 bits per heavy atom. The molecule has 116 valence electrons. The summed E-state index contributed by atoms with van der Waals surface area (Å²) in [7, 11) is 0.